The van der Waals surface area contributed by atoms with Gasteiger partial charge in [0.1, 0.15) is 11.6 Å². The normalized spacial score (nSPS) is 10.9. The largest absolute Gasteiger partial charge is 0.497 e. The van der Waals surface area contributed by atoms with Gasteiger partial charge in [-0.05, 0) is 37.7 Å². The molecule has 1 N–H and O–H groups in total. The predicted molar refractivity (Wildman–Crippen MR) is 60.5 cm³/mol. The Morgan fingerprint density at radius 2 is 2.20 bits per heavy atom. The minimum absolute atomic E-state index is 0.275. The van der Waals surface area contributed by atoms with E-state index in [-0.39, 0.29) is 5.82 Å². The van der Waals surface area contributed by atoms with Gasteiger partial charge in [-0.15, -0.1) is 0 Å². The van der Waals surface area contributed by atoms with Crippen molar-refractivity contribution < 1.29 is 9.13 Å². The van der Waals surface area contributed by atoms with Crippen LogP contribution in [0.4, 0.5) is 4.39 Å². The molecule has 0 radical (unpaired) electrons. The molecule has 0 heterocycles. The third kappa shape index (κ3) is 4.13. The van der Waals surface area contributed by atoms with E-state index in [2.05, 4.69) is 5.32 Å². The molecule has 0 fully saturated rings. The molecule has 0 aliphatic heterocycles. The van der Waals surface area contributed by atoms with Crippen molar-refractivity contribution in [2.75, 3.05) is 20.7 Å². The fourth-order valence-electron chi connectivity index (χ4n) is 1.25. The van der Waals surface area contributed by atoms with Crippen molar-refractivity contribution in [1.29, 1.82) is 0 Å². The number of ether oxygens (including phenoxy) is 1. The summed E-state index contributed by atoms with van der Waals surface area (Å²) < 4.78 is 18.0. The highest BCUT2D eigenvalue weighted by atomic mass is 19.1. The van der Waals surface area contributed by atoms with E-state index in [9.17, 15) is 4.39 Å². The van der Waals surface area contributed by atoms with Gasteiger partial charge in [-0.3, -0.25) is 0 Å². The molecule has 2 nitrogen and oxygen atoms in total. The second-order valence-corrected chi connectivity index (χ2v) is 3.22. The van der Waals surface area contributed by atoms with E-state index in [1.165, 1.54) is 19.2 Å². The van der Waals surface area contributed by atoms with E-state index in [1.807, 2.05) is 19.2 Å². The SMILES string of the molecule is CNCCC=Cc1cc(F)cc(OC)c1. The highest BCUT2D eigenvalue weighted by molar-refractivity contribution is 5.51. The molecule has 0 saturated carbocycles. The Balaban J connectivity index is 2.67. The molecular formula is C12H16FNO. The van der Waals surface area contributed by atoms with Gasteiger partial charge in [-0.25, -0.2) is 4.39 Å². The first-order chi connectivity index (χ1) is 7.26. The molecule has 0 unspecified atom stereocenters. The molecular weight excluding hydrogens is 193 g/mol. The number of benzene rings is 1. The molecule has 15 heavy (non-hydrogen) atoms. The molecule has 0 saturated heterocycles. The molecule has 0 aliphatic rings. The molecule has 0 spiro atoms. The number of halogens is 1. The van der Waals surface area contributed by atoms with Crippen LogP contribution in [0.3, 0.4) is 0 Å². The standard InChI is InChI=1S/C12H16FNO/c1-14-6-4-3-5-10-7-11(13)9-12(8-10)15-2/h3,5,7-9,14H,4,6H2,1-2H3. The third-order valence-corrected chi connectivity index (χ3v) is 2.00. The monoisotopic (exact) mass is 209 g/mol. The molecule has 0 aliphatic carbocycles. The van der Waals surface area contributed by atoms with Crippen molar-refractivity contribution in [2.24, 2.45) is 0 Å². The highest BCUT2D eigenvalue weighted by Crippen LogP contribution is 2.16. The first kappa shape index (κ1) is 11.7. The van der Waals surface area contributed by atoms with Crippen LogP contribution < -0.4 is 10.1 Å². The van der Waals surface area contributed by atoms with Crippen molar-refractivity contribution in [3.05, 3.63) is 35.7 Å². The summed E-state index contributed by atoms with van der Waals surface area (Å²) in [4.78, 5) is 0. The number of nitrogens with one attached hydrogen (secondary N) is 1. The Kier molecular flexibility index (Phi) is 4.84. The maximum Gasteiger partial charge on any atom is 0.127 e. The molecule has 0 atom stereocenters. The molecule has 82 valence electrons. The molecule has 0 amide bonds. The topological polar surface area (TPSA) is 21.3 Å². The molecule has 1 aromatic carbocycles. The second kappa shape index (κ2) is 6.19. The molecule has 0 bridgehead atoms. The fraction of sp³-hybridized carbons (Fsp3) is 0.333. The molecule has 1 aromatic rings. The highest BCUT2D eigenvalue weighted by Gasteiger charge is 1.97. The Labute approximate surface area is 89.8 Å². The van der Waals surface area contributed by atoms with E-state index >= 15 is 0 Å². The zero-order valence-corrected chi connectivity index (χ0v) is 9.09. The summed E-state index contributed by atoms with van der Waals surface area (Å²) in [6.07, 6.45) is 4.82. The number of methoxy groups -OCH3 is 1. The average molecular weight is 209 g/mol. The first-order valence-electron chi connectivity index (χ1n) is 4.92. The Bertz CT molecular complexity index is 336. The van der Waals surface area contributed by atoms with Crippen molar-refractivity contribution >= 4 is 6.08 Å². The zero-order valence-electron chi connectivity index (χ0n) is 9.09. The lowest BCUT2D eigenvalue weighted by molar-refractivity contribution is 0.411. The lowest BCUT2D eigenvalue weighted by Gasteiger charge is -2.01. The minimum Gasteiger partial charge on any atom is -0.497 e. The van der Waals surface area contributed by atoms with Crippen LogP contribution in [0.25, 0.3) is 6.08 Å². The van der Waals surface area contributed by atoms with E-state index in [0.717, 1.165) is 18.5 Å². The smallest absolute Gasteiger partial charge is 0.127 e. The first-order valence-corrected chi connectivity index (χ1v) is 4.92. The molecule has 3 heteroatoms. The van der Waals surface area contributed by atoms with Gasteiger partial charge in [-0.2, -0.15) is 0 Å². The van der Waals surface area contributed by atoms with Crippen LogP contribution in [-0.2, 0) is 0 Å². The summed E-state index contributed by atoms with van der Waals surface area (Å²) in [5, 5.41) is 3.04. The predicted octanol–water partition coefficient (Wildman–Crippen LogP) is 2.46. The van der Waals surface area contributed by atoms with Crippen LogP contribution in [-0.4, -0.2) is 20.7 Å². The van der Waals surface area contributed by atoms with Gasteiger partial charge in [0.05, 0.1) is 7.11 Å². The maximum atomic E-state index is 13.1. The van der Waals surface area contributed by atoms with Crippen molar-refractivity contribution in [3.8, 4) is 5.75 Å². The van der Waals surface area contributed by atoms with Crippen LogP contribution >= 0.6 is 0 Å². The van der Waals surface area contributed by atoms with Crippen LogP contribution in [0, 0.1) is 5.82 Å². The van der Waals surface area contributed by atoms with Crippen LogP contribution in [0.5, 0.6) is 5.75 Å². The van der Waals surface area contributed by atoms with Crippen molar-refractivity contribution in [1.82, 2.24) is 5.32 Å². The number of rotatable bonds is 5. The quantitative estimate of drug-likeness (QED) is 0.752. The lowest BCUT2D eigenvalue weighted by Crippen LogP contribution is -2.05. The summed E-state index contributed by atoms with van der Waals surface area (Å²) in [6, 6.07) is 4.66. The van der Waals surface area contributed by atoms with E-state index < -0.39 is 0 Å². The van der Waals surface area contributed by atoms with Gasteiger partial charge in [0.25, 0.3) is 0 Å². The van der Waals surface area contributed by atoms with Gasteiger partial charge >= 0.3 is 0 Å². The van der Waals surface area contributed by atoms with Crippen LogP contribution in [0.15, 0.2) is 24.3 Å². The summed E-state index contributed by atoms with van der Waals surface area (Å²) in [5.41, 5.74) is 0.822. The lowest BCUT2D eigenvalue weighted by atomic mass is 10.2. The van der Waals surface area contributed by atoms with E-state index in [1.54, 1.807) is 6.07 Å². The van der Waals surface area contributed by atoms with E-state index in [4.69, 9.17) is 4.74 Å². The average Bonchev–Trinajstić information content (AvgIpc) is 2.23. The second-order valence-electron chi connectivity index (χ2n) is 3.22. The van der Waals surface area contributed by atoms with Gasteiger partial charge in [0, 0.05) is 6.07 Å². The summed E-state index contributed by atoms with van der Waals surface area (Å²) >= 11 is 0. The zero-order chi connectivity index (χ0) is 11.1. The van der Waals surface area contributed by atoms with Gasteiger partial charge in [0.15, 0.2) is 0 Å². The van der Waals surface area contributed by atoms with Crippen LogP contribution in [0.1, 0.15) is 12.0 Å². The van der Waals surface area contributed by atoms with Crippen molar-refractivity contribution in [2.45, 2.75) is 6.42 Å². The van der Waals surface area contributed by atoms with Gasteiger partial charge < -0.3 is 10.1 Å². The Morgan fingerprint density at radius 1 is 1.40 bits per heavy atom. The van der Waals surface area contributed by atoms with Gasteiger partial charge in [0.2, 0.25) is 0 Å². The Hall–Kier alpha value is -1.35. The number of hydrogen-bond acceptors (Lipinski definition) is 2. The van der Waals surface area contributed by atoms with Crippen LogP contribution in [0.2, 0.25) is 0 Å². The molecule has 1 rings (SSSR count). The Morgan fingerprint density at radius 3 is 2.87 bits per heavy atom. The molecule has 0 aromatic heterocycles. The summed E-state index contributed by atoms with van der Waals surface area (Å²) in [7, 11) is 3.43. The third-order valence-electron chi connectivity index (χ3n) is 2.00. The van der Waals surface area contributed by atoms with Gasteiger partial charge in [-0.1, -0.05) is 12.2 Å². The number of hydrogen-bond donors (Lipinski definition) is 1. The van der Waals surface area contributed by atoms with E-state index in [0.29, 0.717) is 5.75 Å². The summed E-state index contributed by atoms with van der Waals surface area (Å²) in [5.74, 6) is 0.269. The maximum absolute atomic E-state index is 13.1. The summed E-state index contributed by atoms with van der Waals surface area (Å²) in [6.45, 7) is 0.920. The minimum atomic E-state index is -0.275. The fourth-order valence-corrected chi connectivity index (χ4v) is 1.25. The van der Waals surface area contributed by atoms with Crippen molar-refractivity contribution in [3.63, 3.8) is 0 Å².